The first kappa shape index (κ1) is 23.5. The molecule has 0 unspecified atom stereocenters. The molecule has 7 nitrogen and oxygen atoms in total. The molecule has 0 radical (unpaired) electrons. The molecule has 0 saturated carbocycles. The molecule has 29 heavy (non-hydrogen) atoms. The van der Waals surface area contributed by atoms with Crippen LogP contribution in [-0.2, 0) is 14.8 Å². The Hall–Kier alpha value is -1.80. The van der Waals surface area contributed by atoms with Gasteiger partial charge in [-0.3, -0.25) is 9.10 Å². The molecule has 8 heteroatoms. The van der Waals surface area contributed by atoms with Crippen molar-refractivity contribution in [3.8, 4) is 5.75 Å². The largest absolute Gasteiger partial charge is 0.481 e. The zero-order valence-electron chi connectivity index (χ0n) is 17.9. The molecular weight excluding hydrogens is 390 g/mol. The van der Waals surface area contributed by atoms with Crippen molar-refractivity contribution in [2.24, 2.45) is 0 Å². The molecule has 1 aromatic carbocycles. The summed E-state index contributed by atoms with van der Waals surface area (Å²) in [6.45, 7) is 5.91. The lowest BCUT2D eigenvalue weighted by Gasteiger charge is -2.21. The number of nitrogens with zero attached hydrogens (tertiary/aromatic N) is 2. The molecule has 2 rings (SSSR count). The summed E-state index contributed by atoms with van der Waals surface area (Å²) in [6, 6.07) is 6.71. The second-order valence-corrected chi connectivity index (χ2v) is 9.65. The summed E-state index contributed by atoms with van der Waals surface area (Å²) in [5.41, 5.74) is 0.547. The van der Waals surface area contributed by atoms with Crippen LogP contribution in [0.25, 0.3) is 0 Å². The fourth-order valence-electron chi connectivity index (χ4n) is 3.40. The number of likely N-dealkylation sites (tertiary alicyclic amines) is 1. The quantitative estimate of drug-likeness (QED) is 0.583. The predicted molar refractivity (Wildman–Crippen MR) is 117 cm³/mol. The molecule has 1 aromatic rings. The summed E-state index contributed by atoms with van der Waals surface area (Å²) in [5.74, 6) is 0.433. The number of rotatable bonds is 10. The van der Waals surface area contributed by atoms with Crippen molar-refractivity contribution in [1.82, 2.24) is 10.2 Å². The maximum atomic E-state index is 12.5. The van der Waals surface area contributed by atoms with Crippen LogP contribution >= 0.6 is 0 Å². The lowest BCUT2D eigenvalue weighted by Crippen LogP contribution is -2.39. The minimum Gasteiger partial charge on any atom is -0.481 e. The zero-order valence-corrected chi connectivity index (χ0v) is 18.7. The molecule has 1 aliphatic heterocycles. The van der Waals surface area contributed by atoms with Gasteiger partial charge in [-0.1, -0.05) is 19.8 Å². The second kappa shape index (κ2) is 11.4. The summed E-state index contributed by atoms with van der Waals surface area (Å²) in [7, 11) is -1.81. The van der Waals surface area contributed by atoms with Crippen molar-refractivity contribution in [3.05, 3.63) is 24.3 Å². The van der Waals surface area contributed by atoms with E-state index < -0.39 is 16.1 Å². The van der Waals surface area contributed by atoms with Crippen molar-refractivity contribution in [2.45, 2.75) is 51.6 Å². The van der Waals surface area contributed by atoms with E-state index in [2.05, 4.69) is 10.2 Å². The van der Waals surface area contributed by atoms with Gasteiger partial charge in [-0.05, 0) is 69.6 Å². The summed E-state index contributed by atoms with van der Waals surface area (Å²) < 4.78 is 30.2. The van der Waals surface area contributed by atoms with Crippen LogP contribution < -0.4 is 14.4 Å². The highest BCUT2D eigenvalue weighted by Crippen LogP contribution is 2.21. The lowest BCUT2D eigenvalue weighted by atomic mass is 10.2. The Morgan fingerprint density at radius 3 is 2.34 bits per heavy atom. The second-order valence-electron chi connectivity index (χ2n) is 7.64. The number of carbonyl (C=O) groups is 1. The van der Waals surface area contributed by atoms with Gasteiger partial charge in [-0.2, -0.15) is 0 Å². The monoisotopic (exact) mass is 425 g/mol. The summed E-state index contributed by atoms with van der Waals surface area (Å²) in [5, 5.41) is 2.98. The summed E-state index contributed by atoms with van der Waals surface area (Å²) in [4.78, 5) is 14.9. The number of amides is 1. The van der Waals surface area contributed by atoms with Gasteiger partial charge in [0.15, 0.2) is 6.10 Å². The molecule has 1 amide bonds. The Bertz CT molecular complexity index is 729. The van der Waals surface area contributed by atoms with Crippen LogP contribution in [-0.4, -0.2) is 64.8 Å². The molecular formula is C21H35N3O4S. The van der Waals surface area contributed by atoms with Crippen molar-refractivity contribution in [3.63, 3.8) is 0 Å². The highest BCUT2D eigenvalue weighted by molar-refractivity contribution is 7.92. The Labute approximate surface area is 175 Å². The van der Waals surface area contributed by atoms with Crippen LogP contribution in [0.3, 0.4) is 0 Å². The molecule has 1 fully saturated rings. The number of sulfonamides is 1. The minimum atomic E-state index is -3.31. The van der Waals surface area contributed by atoms with Crippen LogP contribution in [0.15, 0.2) is 24.3 Å². The Kier molecular flexibility index (Phi) is 9.23. The van der Waals surface area contributed by atoms with Crippen LogP contribution in [0.5, 0.6) is 5.75 Å². The number of benzene rings is 1. The van der Waals surface area contributed by atoms with Gasteiger partial charge in [0.05, 0.1) is 11.9 Å². The third-order valence-electron chi connectivity index (χ3n) is 5.29. The van der Waals surface area contributed by atoms with Crippen LogP contribution in [0, 0.1) is 0 Å². The topological polar surface area (TPSA) is 78.9 Å². The number of nitrogens with one attached hydrogen (secondary N) is 1. The molecule has 1 saturated heterocycles. The lowest BCUT2D eigenvalue weighted by molar-refractivity contribution is -0.128. The molecule has 164 valence electrons. The average molecular weight is 426 g/mol. The van der Waals surface area contributed by atoms with Gasteiger partial charge < -0.3 is 15.0 Å². The molecule has 0 bridgehead atoms. The molecule has 1 heterocycles. The van der Waals surface area contributed by atoms with Crippen molar-refractivity contribution < 1.29 is 17.9 Å². The SMILES string of the molecule is CC[C@@H](Oc1ccc(N(C)S(C)(=O)=O)cc1)C(=O)NCCCN1CCCCCC1. The number of anilines is 1. The first-order chi connectivity index (χ1) is 13.8. The minimum absolute atomic E-state index is 0.110. The first-order valence-corrected chi connectivity index (χ1v) is 12.4. The number of carbonyl (C=O) groups excluding carboxylic acids is 1. The first-order valence-electron chi connectivity index (χ1n) is 10.5. The molecule has 0 aromatic heterocycles. The van der Waals surface area contributed by atoms with E-state index in [1.54, 1.807) is 24.3 Å². The van der Waals surface area contributed by atoms with E-state index in [0.717, 1.165) is 19.2 Å². The van der Waals surface area contributed by atoms with Crippen molar-refractivity contribution in [1.29, 1.82) is 0 Å². The third-order valence-corrected chi connectivity index (χ3v) is 6.49. The molecule has 0 aliphatic carbocycles. The van der Waals surface area contributed by atoms with Gasteiger partial charge in [0.25, 0.3) is 5.91 Å². The smallest absolute Gasteiger partial charge is 0.261 e. The van der Waals surface area contributed by atoms with E-state index in [1.165, 1.54) is 50.1 Å². The van der Waals surface area contributed by atoms with E-state index in [0.29, 0.717) is 24.4 Å². The van der Waals surface area contributed by atoms with Crippen LogP contribution in [0.2, 0.25) is 0 Å². The van der Waals surface area contributed by atoms with Crippen molar-refractivity contribution >= 4 is 21.6 Å². The van der Waals surface area contributed by atoms with Gasteiger partial charge in [0.2, 0.25) is 10.0 Å². The summed E-state index contributed by atoms with van der Waals surface area (Å²) >= 11 is 0. The number of hydrogen-bond donors (Lipinski definition) is 1. The van der Waals surface area contributed by atoms with Crippen LogP contribution in [0.4, 0.5) is 5.69 Å². The van der Waals surface area contributed by atoms with E-state index in [9.17, 15) is 13.2 Å². The van der Waals surface area contributed by atoms with Gasteiger partial charge in [-0.15, -0.1) is 0 Å². The zero-order chi connectivity index (χ0) is 21.3. The highest BCUT2D eigenvalue weighted by atomic mass is 32.2. The van der Waals surface area contributed by atoms with Gasteiger partial charge in [0.1, 0.15) is 5.75 Å². The average Bonchev–Trinajstić information content (AvgIpc) is 2.97. The van der Waals surface area contributed by atoms with Gasteiger partial charge in [-0.25, -0.2) is 8.42 Å². The molecule has 1 atom stereocenters. The van der Waals surface area contributed by atoms with Crippen molar-refractivity contribution in [2.75, 3.05) is 43.8 Å². The molecule has 0 spiro atoms. The van der Waals surface area contributed by atoms with Gasteiger partial charge in [0, 0.05) is 13.6 Å². The molecule has 1 aliphatic rings. The Balaban J connectivity index is 1.78. The Morgan fingerprint density at radius 2 is 1.79 bits per heavy atom. The summed E-state index contributed by atoms with van der Waals surface area (Å²) in [6.07, 6.45) is 7.29. The van der Waals surface area contributed by atoms with E-state index >= 15 is 0 Å². The maximum Gasteiger partial charge on any atom is 0.261 e. The van der Waals surface area contributed by atoms with E-state index in [-0.39, 0.29) is 5.91 Å². The fourth-order valence-corrected chi connectivity index (χ4v) is 3.91. The third kappa shape index (κ3) is 7.85. The van der Waals surface area contributed by atoms with Gasteiger partial charge >= 0.3 is 0 Å². The van der Waals surface area contributed by atoms with E-state index in [1.807, 2.05) is 6.92 Å². The number of ether oxygens (including phenoxy) is 1. The standard InChI is InChI=1S/C21H35N3O4S/c1-4-20(21(25)22-14-9-17-24-15-7-5-6-8-16-24)28-19-12-10-18(11-13-19)23(2)29(3,26)27/h10-13,20H,4-9,14-17H2,1-3H3,(H,22,25)/t20-/m1/s1. The van der Waals surface area contributed by atoms with Crippen LogP contribution in [0.1, 0.15) is 45.4 Å². The molecule has 1 N–H and O–H groups in total. The van der Waals surface area contributed by atoms with E-state index in [4.69, 9.17) is 4.74 Å². The number of hydrogen-bond acceptors (Lipinski definition) is 5. The maximum absolute atomic E-state index is 12.5. The normalized spacial score (nSPS) is 16.7. The predicted octanol–water partition coefficient (Wildman–Crippen LogP) is 2.62. The Morgan fingerprint density at radius 1 is 1.17 bits per heavy atom. The highest BCUT2D eigenvalue weighted by Gasteiger charge is 2.19. The fraction of sp³-hybridized carbons (Fsp3) is 0.667.